The number of halogens is 4. The monoisotopic (exact) mass is 816 g/mol. The number of ether oxygens (including phenoxy) is 1. The lowest BCUT2D eigenvalue weighted by Crippen LogP contribution is -2.50. The van der Waals surface area contributed by atoms with Crippen molar-refractivity contribution in [3.8, 4) is 22.5 Å². The first-order chi connectivity index (χ1) is 26.5. The minimum atomic E-state index is -0.515. The van der Waals surface area contributed by atoms with Crippen LogP contribution in [-0.2, 0) is 4.74 Å². The van der Waals surface area contributed by atoms with E-state index in [0.717, 1.165) is 81.9 Å². The zero-order valence-corrected chi connectivity index (χ0v) is 33.7. The molecule has 2 fully saturated rings. The van der Waals surface area contributed by atoms with E-state index in [1.807, 2.05) is 106 Å². The van der Waals surface area contributed by atoms with E-state index in [0.29, 0.717) is 46.3 Å². The van der Waals surface area contributed by atoms with Crippen LogP contribution in [0.3, 0.4) is 0 Å². The fourth-order valence-corrected chi connectivity index (χ4v) is 7.31. The van der Waals surface area contributed by atoms with Gasteiger partial charge in [-0.3, -0.25) is 0 Å². The number of hydrogen-bond donors (Lipinski definition) is 1. The summed E-state index contributed by atoms with van der Waals surface area (Å²) in [6.45, 7) is 11.6. The van der Waals surface area contributed by atoms with Crippen LogP contribution in [0.25, 0.3) is 44.1 Å². The summed E-state index contributed by atoms with van der Waals surface area (Å²) in [6, 6.07) is 27.4. The Morgan fingerprint density at radius 1 is 0.582 bits per heavy atom. The summed E-state index contributed by atoms with van der Waals surface area (Å²) in [7, 11) is 0. The zero-order chi connectivity index (χ0) is 38.7. The molecule has 1 N–H and O–H groups in total. The summed E-state index contributed by atoms with van der Waals surface area (Å²) >= 11 is 25.3. The van der Waals surface area contributed by atoms with Crippen LogP contribution in [0.4, 0.5) is 16.4 Å². The Balaban J connectivity index is 0.000000174. The molecule has 10 nitrogen and oxygen atoms in total. The highest BCUT2D eigenvalue weighted by molar-refractivity contribution is 6.43. The molecule has 0 aliphatic carbocycles. The molecule has 2 aliphatic rings. The fraction of sp³-hybridized carbons (Fsp3) is 0.293. The fourth-order valence-electron chi connectivity index (χ4n) is 6.66. The lowest BCUT2D eigenvalue weighted by molar-refractivity contribution is 0.0240. The SMILES string of the molecule is CC(C)(C)OC(=O)N1CCN(c2nnc(-c3ccccc3)c3cc(Cl)c(Cl)cc23)CC1.Clc1cc2c(-c3ccccc3)nnc(N3CCNCC3)c2cc1Cl. The van der Waals surface area contributed by atoms with Gasteiger partial charge in [-0.05, 0) is 45.0 Å². The Morgan fingerprint density at radius 2 is 0.982 bits per heavy atom. The number of benzene rings is 4. The van der Waals surface area contributed by atoms with Gasteiger partial charge < -0.3 is 24.8 Å². The third kappa shape index (κ3) is 8.84. The predicted octanol–water partition coefficient (Wildman–Crippen LogP) is 9.67. The molecule has 0 spiro atoms. The second-order valence-corrected chi connectivity index (χ2v) is 15.9. The Bertz CT molecular complexity index is 2310. The maximum Gasteiger partial charge on any atom is 0.410 e. The minimum Gasteiger partial charge on any atom is -0.444 e. The van der Waals surface area contributed by atoms with E-state index in [4.69, 9.17) is 51.1 Å². The molecule has 2 aliphatic heterocycles. The van der Waals surface area contributed by atoms with Gasteiger partial charge in [0.05, 0.1) is 20.1 Å². The number of aromatic nitrogens is 4. The first kappa shape index (κ1) is 38.8. The van der Waals surface area contributed by atoms with E-state index in [2.05, 4.69) is 35.5 Å². The van der Waals surface area contributed by atoms with E-state index >= 15 is 0 Å². The van der Waals surface area contributed by atoms with Crippen LogP contribution in [0.1, 0.15) is 20.8 Å². The third-order valence-electron chi connectivity index (χ3n) is 9.34. The van der Waals surface area contributed by atoms with Crippen LogP contribution in [0, 0.1) is 0 Å². The molecular formula is C41H40Cl4N8O2. The van der Waals surface area contributed by atoms with Crippen molar-refractivity contribution in [3.63, 3.8) is 0 Å². The molecule has 0 radical (unpaired) electrons. The second-order valence-electron chi connectivity index (χ2n) is 14.3. The molecule has 2 saturated heterocycles. The zero-order valence-electron chi connectivity index (χ0n) is 30.7. The lowest BCUT2D eigenvalue weighted by atomic mass is 10.0. The van der Waals surface area contributed by atoms with Crippen LogP contribution >= 0.6 is 46.4 Å². The molecule has 0 atom stereocenters. The molecule has 4 aromatic carbocycles. The molecule has 4 heterocycles. The average Bonchev–Trinajstić information content (AvgIpc) is 3.19. The summed E-state index contributed by atoms with van der Waals surface area (Å²) in [5.74, 6) is 1.60. The van der Waals surface area contributed by atoms with Gasteiger partial charge in [0.1, 0.15) is 17.0 Å². The van der Waals surface area contributed by atoms with Crippen molar-refractivity contribution in [3.05, 3.63) is 105 Å². The summed E-state index contributed by atoms with van der Waals surface area (Å²) in [6.07, 6.45) is -0.294. The summed E-state index contributed by atoms with van der Waals surface area (Å²) in [4.78, 5) is 18.5. The topological polar surface area (TPSA) is 99.6 Å². The van der Waals surface area contributed by atoms with Crippen molar-refractivity contribution in [2.45, 2.75) is 26.4 Å². The van der Waals surface area contributed by atoms with Gasteiger partial charge in [-0.15, -0.1) is 20.4 Å². The van der Waals surface area contributed by atoms with Crippen molar-refractivity contribution in [2.24, 2.45) is 0 Å². The van der Waals surface area contributed by atoms with Gasteiger partial charge in [0.25, 0.3) is 0 Å². The first-order valence-corrected chi connectivity index (χ1v) is 19.6. The van der Waals surface area contributed by atoms with E-state index in [-0.39, 0.29) is 6.09 Å². The van der Waals surface area contributed by atoms with Gasteiger partial charge in [-0.1, -0.05) is 107 Å². The summed E-state index contributed by atoms with van der Waals surface area (Å²) < 4.78 is 5.49. The largest absolute Gasteiger partial charge is 0.444 e. The van der Waals surface area contributed by atoms with E-state index in [1.54, 1.807) is 4.90 Å². The predicted molar refractivity (Wildman–Crippen MR) is 225 cm³/mol. The van der Waals surface area contributed by atoms with Gasteiger partial charge >= 0.3 is 6.09 Å². The van der Waals surface area contributed by atoms with Gasteiger partial charge in [-0.25, -0.2) is 4.79 Å². The Labute approximate surface area is 340 Å². The molecule has 0 bridgehead atoms. The number of carbonyl (C=O) groups is 1. The maximum atomic E-state index is 12.4. The Morgan fingerprint density at radius 3 is 1.40 bits per heavy atom. The normalized spacial score (nSPS) is 14.9. The third-order valence-corrected chi connectivity index (χ3v) is 10.8. The van der Waals surface area contributed by atoms with Crippen molar-refractivity contribution in [1.82, 2.24) is 30.6 Å². The molecule has 284 valence electrons. The van der Waals surface area contributed by atoms with Crippen LogP contribution in [-0.4, -0.2) is 89.3 Å². The average molecular weight is 819 g/mol. The van der Waals surface area contributed by atoms with E-state index < -0.39 is 5.60 Å². The number of anilines is 2. The molecule has 14 heteroatoms. The molecule has 2 aromatic heterocycles. The Hall–Kier alpha value is -4.45. The van der Waals surface area contributed by atoms with Gasteiger partial charge in [0, 0.05) is 85.0 Å². The number of amides is 1. The van der Waals surface area contributed by atoms with E-state index in [1.165, 1.54) is 0 Å². The van der Waals surface area contributed by atoms with Crippen LogP contribution in [0.2, 0.25) is 20.1 Å². The van der Waals surface area contributed by atoms with Crippen molar-refractivity contribution >= 4 is 85.7 Å². The number of nitrogens with one attached hydrogen (secondary N) is 1. The van der Waals surface area contributed by atoms with Crippen LogP contribution < -0.4 is 15.1 Å². The van der Waals surface area contributed by atoms with Gasteiger partial charge in [-0.2, -0.15) is 0 Å². The quantitative estimate of drug-likeness (QED) is 0.187. The van der Waals surface area contributed by atoms with Crippen molar-refractivity contribution in [1.29, 1.82) is 0 Å². The van der Waals surface area contributed by atoms with Crippen LogP contribution in [0.15, 0.2) is 84.9 Å². The first-order valence-electron chi connectivity index (χ1n) is 18.1. The highest BCUT2D eigenvalue weighted by Gasteiger charge is 2.28. The maximum absolute atomic E-state index is 12.4. The smallest absolute Gasteiger partial charge is 0.410 e. The molecular weight excluding hydrogens is 778 g/mol. The summed E-state index contributed by atoms with van der Waals surface area (Å²) in [5.41, 5.74) is 3.03. The summed E-state index contributed by atoms with van der Waals surface area (Å²) in [5, 5.41) is 27.2. The lowest BCUT2D eigenvalue weighted by Gasteiger charge is -2.36. The van der Waals surface area contributed by atoms with E-state index in [9.17, 15) is 4.79 Å². The van der Waals surface area contributed by atoms with Crippen LogP contribution in [0.5, 0.6) is 0 Å². The number of rotatable bonds is 4. The minimum absolute atomic E-state index is 0.294. The van der Waals surface area contributed by atoms with Gasteiger partial charge in [0.2, 0.25) is 0 Å². The number of carbonyl (C=O) groups excluding carboxylic acids is 1. The Kier molecular flexibility index (Phi) is 11.8. The molecule has 1 amide bonds. The molecule has 8 rings (SSSR count). The number of piperazine rings is 2. The van der Waals surface area contributed by atoms with Crippen molar-refractivity contribution in [2.75, 3.05) is 62.2 Å². The highest BCUT2D eigenvalue weighted by atomic mass is 35.5. The van der Waals surface area contributed by atoms with Crippen molar-refractivity contribution < 1.29 is 9.53 Å². The number of hydrogen-bond acceptors (Lipinski definition) is 9. The second kappa shape index (κ2) is 16.7. The standard InChI is InChI=1S/C23H24Cl2N4O2.C18H16Cl2N4/c1-23(2,3)31-22(30)29-11-9-28(10-12-29)21-17-14-19(25)18(24)13-16(17)20(26-27-21)15-7-5-4-6-8-15;19-15-10-13-14(11-16(15)20)18(24-8-6-21-7-9-24)23-22-17(13)12-4-2-1-3-5-12/h4-8,13-14H,9-12H2,1-3H3;1-5,10-11,21H,6-9H2. The molecule has 0 unspecified atom stereocenters. The molecule has 0 saturated carbocycles. The number of fused-ring (bicyclic) bond motifs is 2. The molecule has 6 aromatic rings. The molecule has 55 heavy (non-hydrogen) atoms. The number of nitrogens with zero attached hydrogens (tertiary/aromatic N) is 7. The highest BCUT2D eigenvalue weighted by Crippen LogP contribution is 2.38. The van der Waals surface area contributed by atoms with Gasteiger partial charge in [0.15, 0.2) is 11.6 Å².